The summed E-state index contributed by atoms with van der Waals surface area (Å²) in [5, 5.41) is 0. The van der Waals surface area contributed by atoms with Crippen LogP contribution in [0.4, 0.5) is 0 Å². The number of nitrogens with two attached hydrogens (primary N) is 1. The third kappa shape index (κ3) is 39.5. The third-order valence-electron chi connectivity index (χ3n) is 8.81. The molecule has 0 aliphatic rings. The van der Waals surface area contributed by atoms with E-state index in [4.69, 9.17) is 24.3 Å². The molecule has 0 spiro atoms. The highest BCUT2D eigenvalue weighted by Crippen LogP contribution is 2.43. The van der Waals surface area contributed by atoms with Gasteiger partial charge >= 0.3 is 13.8 Å². The highest BCUT2D eigenvalue weighted by Gasteiger charge is 2.24. The number of carbonyl (C=O) groups is 1. The van der Waals surface area contributed by atoms with Gasteiger partial charge in [0.25, 0.3) is 0 Å². The van der Waals surface area contributed by atoms with Crippen molar-refractivity contribution in [3.8, 4) is 0 Å². The zero-order valence-electron chi connectivity index (χ0n) is 33.5. The first-order chi connectivity index (χ1) is 25.4. The average Bonchev–Trinajstić information content (AvgIpc) is 3.14. The number of phosphoric acid groups is 1. The van der Waals surface area contributed by atoms with Crippen LogP contribution in [-0.4, -0.2) is 43.3 Å². The van der Waals surface area contributed by atoms with E-state index >= 15 is 0 Å². The van der Waals surface area contributed by atoms with Crippen LogP contribution in [0.1, 0.15) is 187 Å². The van der Waals surface area contributed by atoms with Gasteiger partial charge in [0.1, 0.15) is 6.61 Å². The summed E-state index contributed by atoms with van der Waals surface area (Å²) in [5.74, 6) is -0.302. The fourth-order valence-corrected chi connectivity index (χ4v) is 6.36. The van der Waals surface area contributed by atoms with Gasteiger partial charge in [-0.25, -0.2) is 4.57 Å². The Balaban J connectivity index is 4.12. The van der Waals surface area contributed by atoms with Crippen molar-refractivity contribution in [3.05, 3.63) is 48.8 Å². The smallest absolute Gasteiger partial charge is 0.472 e. The van der Waals surface area contributed by atoms with Gasteiger partial charge in [-0.1, -0.05) is 140 Å². The molecule has 0 aromatic rings. The van der Waals surface area contributed by atoms with Crippen LogP contribution in [0.25, 0.3) is 0 Å². The van der Waals surface area contributed by atoms with Crippen molar-refractivity contribution in [2.75, 3.05) is 26.4 Å². The van der Waals surface area contributed by atoms with Gasteiger partial charge in [-0.3, -0.25) is 13.8 Å². The summed E-state index contributed by atoms with van der Waals surface area (Å²) >= 11 is 0. The molecular formula is C43H80NO7P. The van der Waals surface area contributed by atoms with Crippen LogP contribution in [0.2, 0.25) is 0 Å². The summed E-state index contributed by atoms with van der Waals surface area (Å²) in [6.45, 7) is 4.16. The van der Waals surface area contributed by atoms with Gasteiger partial charge in [0, 0.05) is 13.0 Å². The topological polar surface area (TPSA) is 117 Å². The van der Waals surface area contributed by atoms with Crippen molar-refractivity contribution in [1.29, 1.82) is 0 Å². The van der Waals surface area contributed by atoms with Crippen LogP contribution in [-0.2, 0) is 27.9 Å². The molecule has 0 saturated heterocycles. The number of phosphoric ester groups is 1. The van der Waals surface area contributed by atoms with Gasteiger partial charge in [-0.15, -0.1) is 0 Å². The molecule has 0 aliphatic carbocycles. The Kier molecular flexibility index (Phi) is 39.2. The molecule has 0 radical (unpaired) electrons. The summed E-state index contributed by atoms with van der Waals surface area (Å²) in [4.78, 5) is 22.3. The highest BCUT2D eigenvalue weighted by molar-refractivity contribution is 7.47. The molecule has 0 rings (SSSR count). The van der Waals surface area contributed by atoms with Crippen molar-refractivity contribution >= 4 is 13.8 Å². The molecule has 0 aromatic carbocycles. The van der Waals surface area contributed by atoms with Gasteiger partial charge in [0.2, 0.25) is 0 Å². The summed E-state index contributed by atoms with van der Waals surface area (Å²) in [5.41, 5.74) is 5.36. The maximum Gasteiger partial charge on any atom is 0.472 e. The third-order valence-corrected chi connectivity index (χ3v) is 9.79. The second-order valence-corrected chi connectivity index (χ2v) is 15.4. The Hall–Kier alpha value is -1.70. The summed E-state index contributed by atoms with van der Waals surface area (Å²) in [7, 11) is -4.27. The molecule has 0 aromatic heterocycles. The van der Waals surface area contributed by atoms with Crippen LogP contribution < -0.4 is 5.73 Å². The largest absolute Gasteiger partial charge is 0.492 e. The number of carbonyl (C=O) groups excluding carboxylic acids is 1. The average molecular weight is 754 g/mol. The second kappa shape index (κ2) is 40.5. The number of unbranched alkanes of at least 4 members (excludes halogenated alkanes) is 21. The number of hydrogen-bond donors (Lipinski definition) is 2. The van der Waals surface area contributed by atoms with E-state index in [2.05, 4.69) is 50.3 Å². The number of allylic oxidation sites excluding steroid dienone is 7. The maximum absolute atomic E-state index is 12.4. The van der Waals surface area contributed by atoms with E-state index in [-0.39, 0.29) is 32.3 Å². The minimum Gasteiger partial charge on any atom is -0.492 e. The first-order valence-electron chi connectivity index (χ1n) is 21.2. The molecule has 0 heterocycles. The molecule has 8 nitrogen and oxygen atoms in total. The molecule has 0 aliphatic heterocycles. The zero-order chi connectivity index (χ0) is 38.1. The quantitative estimate of drug-likeness (QED) is 0.0209. The standard InChI is InChI=1S/C43H80NO7P/c1-3-5-7-9-11-13-15-17-19-21-22-24-26-28-30-32-34-36-43(45)49-40-42(41-51-52(46,47)50-39-37-44)48-38-35-33-31-29-27-25-23-20-18-16-14-12-10-8-6-4-2/h11,13,17-20,35,38,42H,3-10,12,14-16,21-34,36-37,39-41,44H2,1-2H3,(H,46,47)/t42-/m1/s1. The van der Waals surface area contributed by atoms with Crippen LogP contribution >= 0.6 is 7.82 Å². The molecule has 0 amide bonds. The van der Waals surface area contributed by atoms with Gasteiger partial charge in [-0.2, -0.15) is 0 Å². The minimum atomic E-state index is -4.27. The minimum absolute atomic E-state index is 0.0733. The molecule has 9 heteroatoms. The maximum atomic E-state index is 12.4. The fraction of sp³-hybridized carbons (Fsp3) is 0.791. The van der Waals surface area contributed by atoms with Crippen LogP contribution in [0.15, 0.2) is 48.8 Å². The van der Waals surface area contributed by atoms with Crippen LogP contribution in [0.3, 0.4) is 0 Å². The monoisotopic (exact) mass is 754 g/mol. The molecule has 0 fully saturated rings. The van der Waals surface area contributed by atoms with Crippen LogP contribution in [0, 0.1) is 0 Å². The lowest BCUT2D eigenvalue weighted by molar-refractivity contribution is -0.147. The van der Waals surface area contributed by atoms with E-state index < -0.39 is 13.9 Å². The SMILES string of the molecule is CCCCCC=CCC=CCCCCCCCCCC(=O)OC[C@H](COP(=O)(O)OCCN)OC=CCCCCCCC=CCCCCCCCC. The molecule has 0 bridgehead atoms. The summed E-state index contributed by atoms with van der Waals surface area (Å²) < 4.78 is 33.2. The van der Waals surface area contributed by atoms with E-state index in [1.54, 1.807) is 6.26 Å². The molecule has 52 heavy (non-hydrogen) atoms. The van der Waals surface area contributed by atoms with E-state index in [9.17, 15) is 14.3 Å². The number of rotatable bonds is 40. The van der Waals surface area contributed by atoms with Crippen molar-refractivity contribution < 1.29 is 32.8 Å². The van der Waals surface area contributed by atoms with E-state index in [1.165, 1.54) is 109 Å². The molecule has 1 unspecified atom stereocenters. The Morgan fingerprint density at radius 1 is 0.596 bits per heavy atom. The predicted octanol–water partition coefficient (Wildman–Crippen LogP) is 12.8. The number of ether oxygens (including phenoxy) is 2. The normalized spacial score (nSPS) is 13.9. The molecule has 0 saturated carbocycles. The Bertz CT molecular complexity index is 936. The number of esters is 1. The first-order valence-corrected chi connectivity index (χ1v) is 22.7. The van der Waals surface area contributed by atoms with E-state index in [0.717, 1.165) is 57.8 Å². The van der Waals surface area contributed by atoms with Crippen molar-refractivity contribution in [3.63, 3.8) is 0 Å². The summed E-state index contributed by atoms with van der Waals surface area (Å²) in [6, 6.07) is 0. The molecule has 2 atom stereocenters. The second-order valence-electron chi connectivity index (χ2n) is 13.9. The lowest BCUT2D eigenvalue weighted by Crippen LogP contribution is -2.25. The van der Waals surface area contributed by atoms with E-state index in [0.29, 0.717) is 6.42 Å². The van der Waals surface area contributed by atoms with Gasteiger partial charge < -0.3 is 20.1 Å². The van der Waals surface area contributed by atoms with Crippen LogP contribution in [0.5, 0.6) is 0 Å². The Morgan fingerprint density at radius 3 is 1.58 bits per heavy atom. The lowest BCUT2D eigenvalue weighted by Gasteiger charge is -2.19. The zero-order valence-corrected chi connectivity index (χ0v) is 34.4. The van der Waals surface area contributed by atoms with Crippen molar-refractivity contribution in [1.82, 2.24) is 0 Å². The Morgan fingerprint density at radius 2 is 1.04 bits per heavy atom. The number of hydrogen-bond acceptors (Lipinski definition) is 7. The lowest BCUT2D eigenvalue weighted by atomic mass is 10.1. The predicted molar refractivity (Wildman–Crippen MR) is 219 cm³/mol. The van der Waals surface area contributed by atoms with Gasteiger partial charge in [0.15, 0.2) is 6.10 Å². The van der Waals surface area contributed by atoms with Gasteiger partial charge in [-0.05, 0) is 83.1 Å². The Labute approximate surface area is 320 Å². The highest BCUT2D eigenvalue weighted by atomic mass is 31.2. The molecule has 304 valence electrons. The van der Waals surface area contributed by atoms with E-state index in [1.807, 2.05) is 6.08 Å². The van der Waals surface area contributed by atoms with Crippen molar-refractivity contribution in [2.45, 2.75) is 193 Å². The van der Waals surface area contributed by atoms with Gasteiger partial charge in [0.05, 0.1) is 19.5 Å². The van der Waals surface area contributed by atoms with Crippen molar-refractivity contribution in [2.24, 2.45) is 5.73 Å². The first kappa shape index (κ1) is 50.3. The molecule has 3 N–H and O–H groups in total. The summed E-state index contributed by atoms with van der Waals surface area (Å²) in [6.07, 6.45) is 47.9. The molecular weight excluding hydrogens is 673 g/mol. The fourth-order valence-electron chi connectivity index (χ4n) is 5.59.